The fraction of sp³-hybridized carbons (Fsp3) is 0.312. The molecule has 0 unspecified atom stereocenters. The van der Waals surface area contributed by atoms with Gasteiger partial charge in [-0.05, 0) is 30.2 Å². The van der Waals surface area contributed by atoms with Gasteiger partial charge in [0.05, 0.1) is 13.2 Å². The summed E-state index contributed by atoms with van der Waals surface area (Å²) in [6, 6.07) is 4.90. The van der Waals surface area contributed by atoms with Gasteiger partial charge in [0.25, 0.3) is 0 Å². The van der Waals surface area contributed by atoms with E-state index in [1.165, 1.54) is 11.3 Å². The van der Waals surface area contributed by atoms with Gasteiger partial charge in [0.15, 0.2) is 0 Å². The summed E-state index contributed by atoms with van der Waals surface area (Å²) in [4.78, 5) is 13.9. The van der Waals surface area contributed by atoms with Crippen LogP contribution in [0.1, 0.15) is 6.42 Å². The molecule has 0 radical (unpaired) electrons. The van der Waals surface area contributed by atoms with Crippen LogP contribution < -0.4 is 5.32 Å². The molecule has 0 atom stereocenters. The van der Waals surface area contributed by atoms with Crippen molar-refractivity contribution >= 4 is 45.7 Å². The average molecular weight is 399 g/mol. The zero-order chi connectivity index (χ0) is 17.8. The summed E-state index contributed by atoms with van der Waals surface area (Å²) < 4.78 is 5.38. The SMILES string of the molecule is CN(CC1=CCCOC1)C(=O)Nc1nnc(-c2cc(Cl)cc(Cl)c2)s1. The maximum Gasteiger partial charge on any atom is 0.323 e. The van der Waals surface area contributed by atoms with E-state index in [1.54, 1.807) is 30.1 Å². The summed E-state index contributed by atoms with van der Waals surface area (Å²) in [5, 5.41) is 12.9. The van der Waals surface area contributed by atoms with Gasteiger partial charge in [-0.2, -0.15) is 0 Å². The molecule has 2 aromatic rings. The van der Waals surface area contributed by atoms with Gasteiger partial charge in [-0.15, -0.1) is 10.2 Å². The van der Waals surface area contributed by atoms with E-state index in [1.807, 2.05) is 0 Å². The normalized spacial score (nSPS) is 14.1. The van der Waals surface area contributed by atoms with Crippen molar-refractivity contribution in [2.45, 2.75) is 6.42 Å². The molecule has 0 bridgehead atoms. The first-order valence-electron chi connectivity index (χ1n) is 7.59. The Balaban J connectivity index is 1.64. The van der Waals surface area contributed by atoms with E-state index >= 15 is 0 Å². The van der Waals surface area contributed by atoms with Crippen LogP contribution in [0.15, 0.2) is 29.8 Å². The molecule has 1 aliphatic rings. The largest absolute Gasteiger partial charge is 0.377 e. The van der Waals surface area contributed by atoms with Crippen molar-refractivity contribution in [3.05, 3.63) is 39.9 Å². The van der Waals surface area contributed by atoms with E-state index in [0.29, 0.717) is 33.3 Å². The van der Waals surface area contributed by atoms with Crippen molar-refractivity contribution < 1.29 is 9.53 Å². The van der Waals surface area contributed by atoms with Crippen molar-refractivity contribution in [2.75, 3.05) is 32.1 Å². The standard InChI is InChI=1S/C16H16Cl2N4O2S/c1-22(8-10-3-2-4-24-9-10)16(23)19-15-21-20-14(25-15)11-5-12(17)7-13(18)6-11/h3,5-7H,2,4,8-9H2,1H3,(H,19,21,23). The van der Waals surface area contributed by atoms with E-state index in [9.17, 15) is 4.79 Å². The predicted octanol–water partition coefficient (Wildman–Crippen LogP) is 4.32. The Bertz CT molecular complexity index is 789. The Hall–Kier alpha value is -1.67. The number of ether oxygens (including phenoxy) is 1. The summed E-state index contributed by atoms with van der Waals surface area (Å²) in [6.07, 6.45) is 2.99. The highest BCUT2D eigenvalue weighted by molar-refractivity contribution is 7.18. The van der Waals surface area contributed by atoms with Gasteiger partial charge >= 0.3 is 6.03 Å². The first-order chi connectivity index (χ1) is 12.0. The first kappa shape index (κ1) is 18.1. The highest BCUT2D eigenvalue weighted by Gasteiger charge is 2.15. The number of nitrogens with one attached hydrogen (secondary N) is 1. The third-order valence-electron chi connectivity index (χ3n) is 3.52. The van der Waals surface area contributed by atoms with Crippen molar-refractivity contribution in [1.29, 1.82) is 0 Å². The van der Waals surface area contributed by atoms with Gasteiger partial charge in [0.1, 0.15) is 5.01 Å². The van der Waals surface area contributed by atoms with E-state index in [-0.39, 0.29) is 6.03 Å². The number of anilines is 1. The highest BCUT2D eigenvalue weighted by atomic mass is 35.5. The lowest BCUT2D eigenvalue weighted by atomic mass is 10.2. The average Bonchev–Trinajstić information content (AvgIpc) is 3.03. The number of carbonyl (C=O) groups is 1. The van der Waals surface area contributed by atoms with E-state index in [0.717, 1.165) is 24.2 Å². The predicted molar refractivity (Wildman–Crippen MR) is 101 cm³/mol. The Morgan fingerprint density at radius 1 is 1.32 bits per heavy atom. The smallest absolute Gasteiger partial charge is 0.323 e. The summed E-state index contributed by atoms with van der Waals surface area (Å²) >= 11 is 13.3. The van der Waals surface area contributed by atoms with Gasteiger partial charge in [-0.1, -0.05) is 40.6 Å². The minimum absolute atomic E-state index is 0.252. The molecule has 1 aliphatic heterocycles. The summed E-state index contributed by atoms with van der Waals surface area (Å²) in [5.74, 6) is 0. The molecule has 0 saturated carbocycles. The van der Waals surface area contributed by atoms with Crippen molar-refractivity contribution in [3.8, 4) is 10.6 Å². The lowest BCUT2D eigenvalue weighted by Gasteiger charge is -2.21. The molecule has 1 N–H and O–H groups in total. The third-order valence-corrected chi connectivity index (χ3v) is 4.84. The van der Waals surface area contributed by atoms with Gasteiger partial charge in [0.2, 0.25) is 5.13 Å². The molecule has 1 aromatic carbocycles. The number of carbonyl (C=O) groups excluding carboxylic acids is 1. The number of amides is 2. The molecule has 2 heterocycles. The molecule has 6 nitrogen and oxygen atoms in total. The summed E-state index contributed by atoms with van der Waals surface area (Å²) in [6.45, 7) is 1.82. The molecular weight excluding hydrogens is 383 g/mol. The minimum atomic E-state index is -0.252. The number of rotatable bonds is 4. The summed E-state index contributed by atoms with van der Waals surface area (Å²) in [5.41, 5.74) is 1.85. The fourth-order valence-electron chi connectivity index (χ4n) is 2.35. The number of urea groups is 1. The topological polar surface area (TPSA) is 67.3 Å². The Kier molecular flexibility index (Phi) is 5.90. The van der Waals surface area contributed by atoms with Crippen molar-refractivity contribution in [3.63, 3.8) is 0 Å². The zero-order valence-electron chi connectivity index (χ0n) is 13.5. The second kappa shape index (κ2) is 8.14. The maximum atomic E-state index is 12.3. The Morgan fingerprint density at radius 3 is 2.76 bits per heavy atom. The second-order valence-corrected chi connectivity index (χ2v) is 7.41. The van der Waals surface area contributed by atoms with E-state index in [4.69, 9.17) is 27.9 Å². The molecule has 132 valence electrons. The molecule has 3 rings (SSSR count). The number of hydrogen-bond donors (Lipinski definition) is 1. The lowest BCUT2D eigenvalue weighted by Crippen LogP contribution is -2.34. The molecule has 0 saturated heterocycles. The molecule has 0 spiro atoms. The van der Waals surface area contributed by atoms with Crippen LogP contribution in [-0.2, 0) is 4.74 Å². The summed E-state index contributed by atoms with van der Waals surface area (Å²) in [7, 11) is 1.73. The molecule has 25 heavy (non-hydrogen) atoms. The van der Waals surface area contributed by atoms with Gasteiger partial charge in [-0.25, -0.2) is 4.79 Å². The molecule has 1 aromatic heterocycles. The zero-order valence-corrected chi connectivity index (χ0v) is 15.8. The van der Waals surface area contributed by atoms with Gasteiger partial charge in [0, 0.05) is 29.2 Å². The van der Waals surface area contributed by atoms with Crippen LogP contribution >= 0.6 is 34.5 Å². The van der Waals surface area contributed by atoms with Crippen LogP contribution in [-0.4, -0.2) is 47.9 Å². The molecule has 2 amide bonds. The molecular formula is C16H16Cl2N4O2S. The molecule has 0 aliphatic carbocycles. The van der Waals surface area contributed by atoms with E-state index < -0.39 is 0 Å². The second-order valence-electron chi connectivity index (χ2n) is 5.56. The Labute approximate surface area is 159 Å². The van der Waals surface area contributed by atoms with Crippen LogP contribution in [0.25, 0.3) is 10.6 Å². The Morgan fingerprint density at radius 2 is 2.08 bits per heavy atom. The van der Waals surface area contributed by atoms with Crippen LogP contribution in [0.2, 0.25) is 10.0 Å². The molecule has 9 heteroatoms. The number of aromatic nitrogens is 2. The monoisotopic (exact) mass is 398 g/mol. The van der Waals surface area contributed by atoms with Crippen molar-refractivity contribution in [2.24, 2.45) is 0 Å². The maximum absolute atomic E-state index is 12.3. The van der Waals surface area contributed by atoms with Crippen LogP contribution in [0.4, 0.5) is 9.93 Å². The quantitative estimate of drug-likeness (QED) is 0.778. The van der Waals surface area contributed by atoms with Crippen LogP contribution in [0.3, 0.4) is 0 Å². The number of hydrogen-bond acceptors (Lipinski definition) is 5. The van der Waals surface area contributed by atoms with Crippen molar-refractivity contribution in [1.82, 2.24) is 15.1 Å². The van der Waals surface area contributed by atoms with Crippen LogP contribution in [0, 0.1) is 0 Å². The number of halogens is 2. The third kappa shape index (κ3) is 4.92. The van der Waals surface area contributed by atoms with Gasteiger partial charge in [-0.3, -0.25) is 5.32 Å². The number of likely N-dealkylation sites (N-methyl/N-ethyl adjacent to an activating group) is 1. The lowest BCUT2D eigenvalue weighted by molar-refractivity contribution is 0.145. The van der Waals surface area contributed by atoms with Gasteiger partial charge < -0.3 is 9.64 Å². The number of benzene rings is 1. The molecule has 0 fully saturated rings. The fourth-order valence-corrected chi connectivity index (χ4v) is 3.60. The number of nitrogens with zero attached hydrogens (tertiary/aromatic N) is 3. The highest BCUT2D eigenvalue weighted by Crippen LogP contribution is 2.30. The van der Waals surface area contributed by atoms with Crippen LogP contribution in [0.5, 0.6) is 0 Å². The van der Waals surface area contributed by atoms with E-state index in [2.05, 4.69) is 21.6 Å². The first-order valence-corrected chi connectivity index (χ1v) is 9.16. The minimum Gasteiger partial charge on any atom is -0.377 e.